The maximum atomic E-state index is 10.4. The third kappa shape index (κ3) is 7.08. The summed E-state index contributed by atoms with van der Waals surface area (Å²) in [5, 5.41) is 10.4. The summed E-state index contributed by atoms with van der Waals surface area (Å²) in [5.41, 5.74) is -0.0977. The van der Waals surface area contributed by atoms with Gasteiger partial charge in [0.05, 0.1) is 5.60 Å². The predicted molar refractivity (Wildman–Crippen MR) is 75.1 cm³/mol. The quantitative estimate of drug-likeness (QED) is 0.723. The van der Waals surface area contributed by atoms with Gasteiger partial charge in [-0.1, -0.05) is 52.9 Å². The lowest BCUT2D eigenvalue weighted by molar-refractivity contribution is 0.0233. The predicted octanol–water partition coefficient (Wildman–Crippen LogP) is 4.92. The summed E-state index contributed by atoms with van der Waals surface area (Å²) in [6, 6.07) is 0. The Bertz CT molecular complexity index is 206. The van der Waals surface area contributed by atoms with Crippen molar-refractivity contribution in [3.8, 4) is 0 Å². The highest BCUT2D eigenvalue weighted by Gasteiger charge is 2.25. The molecule has 1 aliphatic rings. The molecule has 0 heterocycles. The molecule has 0 aromatic carbocycles. The van der Waals surface area contributed by atoms with Crippen molar-refractivity contribution in [2.24, 2.45) is 11.3 Å². The van der Waals surface area contributed by atoms with Gasteiger partial charge in [-0.3, -0.25) is 0 Å². The fraction of sp³-hybridized carbons (Fsp3) is 1.00. The molecular weight excluding hydrogens is 208 g/mol. The van der Waals surface area contributed by atoms with Crippen molar-refractivity contribution in [3.05, 3.63) is 0 Å². The highest BCUT2D eigenvalue weighted by atomic mass is 16.3. The summed E-state index contributed by atoms with van der Waals surface area (Å²) < 4.78 is 0. The van der Waals surface area contributed by atoms with Crippen LogP contribution in [0, 0.1) is 11.3 Å². The van der Waals surface area contributed by atoms with Crippen LogP contribution in [-0.2, 0) is 0 Å². The maximum absolute atomic E-state index is 10.4. The zero-order chi connectivity index (χ0) is 12.9. The van der Waals surface area contributed by atoms with Gasteiger partial charge in [0.2, 0.25) is 0 Å². The summed E-state index contributed by atoms with van der Waals surface area (Å²) >= 11 is 0. The average molecular weight is 240 g/mol. The SMILES string of the molecule is CC(C)(C)CCC(C)(O)CCC1CCCCC1. The molecular formula is C16H32O. The van der Waals surface area contributed by atoms with Gasteiger partial charge in [0.15, 0.2) is 0 Å². The average Bonchev–Trinajstić information content (AvgIpc) is 2.25. The molecule has 0 aliphatic heterocycles. The number of aliphatic hydroxyl groups is 1. The Morgan fingerprint density at radius 3 is 2.00 bits per heavy atom. The fourth-order valence-corrected chi connectivity index (χ4v) is 2.76. The van der Waals surface area contributed by atoms with Gasteiger partial charge >= 0.3 is 0 Å². The van der Waals surface area contributed by atoms with Crippen LogP contribution in [0.4, 0.5) is 0 Å². The van der Waals surface area contributed by atoms with Crippen molar-refractivity contribution in [2.75, 3.05) is 0 Å². The van der Waals surface area contributed by atoms with E-state index < -0.39 is 5.60 Å². The maximum Gasteiger partial charge on any atom is 0.0620 e. The van der Waals surface area contributed by atoms with E-state index in [1.54, 1.807) is 0 Å². The third-order valence-corrected chi connectivity index (χ3v) is 4.23. The van der Waals surface area contributed by atoms with Crippen molar-refractivity contribution in [2.45, 2.75) is 91.1 Å². The zero-order valence-electron chi connectivity index (χ0n) is 12.4. The molecule has 0 bridgehead atoms. The first-order valence-electron chi connectivity index (χ1n) is 7.51. The van der Waals surface area contributed by atoms with E-state index in [-0.39, 0.29) is 0 Å². The van der Waals surface area contributed by atoms with Crippen LogP contribution < -0.4 is 0 Å². The molecule has 1 nitrogen and oxygen atoms in total. The molecule has 0 aromatic heterocycles. The zero-order valence-corrected chi connectivity index (χ0v) is 12.4. The van der Waals surface area contributed by atoms with Crippen LogP contribution in [0.2, 0.25) is 0 Å². The number of hydrogen-bond acceptors (Lipinski definition) is 1. The fourth-order valence-electron chi connectivity index (χ4n) is 2.76. The smallest absolute Gasteiger partial charge is 0.0620 e. The Morgan fingerprint density at radius 1 is 0.882 bits per heavy atom. The van der Waals surface area contributed by atoms with Gasteiger partial charge in [-0.2, -0.15) is 0 Å². The van der Waals surface area contributed by atoms with Gasteiger partial charge in [0, 0.05) is 0 Å². The van der Waals surface area contributed by atoms with Crippen molar-refractivity contribution in [3.63, 3.8) is 0 Å². The summed E-state index contributed by atoms with van der Waals surface area (Å²) in [7, 11) is 0. The van der Waals surface area contributed by atoms with Crippen molar-refractivity contribution >= 4 is 0 Å². The summed E-state index contributed by atoms with van der Waals surface area (Å²) in [6.45, 7) is 8.79. The second-order valence-electron chi connectivity index (χ2n) is 7.60. The Labute approximate surface area is 108 Å². The molecule has 0 radical (unpaired) electrons. The first-order valence-corrected chi connectivity index (χ1v) is 7.51. The minimum absolute atomic E-state index is 0.342. The minimum Gasteiger partial charge on any atom is -0.390 e. The summed E-state index contributed by atoms with van der Waals surface area (Å²) in [6.07, 6.45) is 11.3. The van der Waals surface area contributed by atoms with Gasteiger partial charge in [-0.25, -0.2) is 0 Å². The van der Waals surface area contributed by atoms with E-state index in [0.717, 1.165) is 25.2 Å². The standard InChI is InChI=1S/C16H32O/c1-15(2,3)12-13-16(4,17)11-10-14-8-6-5-7-9-14/h14,17H,5-13H2,1-4H3. The van der Waals surface area contributed by atoms with E-state index in [0.29, 0.717) is 5.41 Å². The molecule has 0 aromatic rings. The van der Waals surface area contributed by atoms with Crippen LogP contribution in [0.3, 0.4) is 0 Å². The molecule has 1 N–H and O–H groups in total. The molecule has 1 saturated carbocycles. The lowest BCUT2D eigenvalue weighted by Gasteiger charge is -2.30. The Morgan fingerprint density at radius 2 is 1.47 bits per heavy atom. The molecule has 1 heteroatoms. The molecule has 1 atom stereocenters. The Balaban J connectivity index is 2.23. The van der Waals surface area contributed by atoms with E-state index in [4.69, 9.17) is 0 Å². The van der Waals surface area contributed by atoms with Crippen LogP contribution in [-0.4, -0.2) is 10.7 Å². The summed E-state index contributed by atoms with van der Waals surface area (Å²) in [4.78, 5) is 0. The molecule has 1 fully saturated rings. The van der Waals surface area contributed by atoms with Crippen molar-refractivity contribution in [1.82, 2.24) is 0 Å². The molecule has 17 heavy (non-hydrogen) atoms. The first-order chi connectivity index (χ1) is 7.79. The lowest BCUT2D eigenvalue weighted by Crippen LogP contribution is -2.27. The number of rotatable bonds is 5. The molecule has 102 valence electrons. The van der Waals surface area contributed by atoms with Gasteiger partial charge in [-0.05, 0) is 43.9 Å². The van der Waals surface area contributed by atoms with E-state index in [1.165, 1.54) is 38.5 Å². The third-order valence-electron chi connectivity index (χ3n) is 4.23. The van der Waals surface area contributed by atoms with Crippen LogP contribution in [0.1, 0.15) is 85.5 Å². The molecule has 1 unspecified atom stereocenters. The van der Waals surface area contributed by atoms with Crippen LogP contribution in [0.5, 0.6) is 0 Å². The monoisotopic (exact) mass is 240 g/mol. The summed E-state index contributed by atoms with van der Waals surface area (Å²) in [5.74, 6) is 0.893. The van der Waals surface area contributed by atoms with Gasteiger partial charge in [-0.15, -0.1) is 0 Å². The molecule has 0 saturated heterocycles. The second kappa shape index (κ2) is 6.22. The molecule has 1 rings (SSSR count). The second-order valence-corrected chi connectivity index (χ2v) is 7.60. The van der Waals surface area contributed by atoms with Crippen LogP contribution in [0.15, 0.2) is 0 Å². The molecule has 0 amide bonds. The minimum atomic E-state index is -0.440. The highest BCUT2D eigenvalue weighted by Crippen LogP contribution is 2.32. The van der Waals surface area contributed by atoms with Crippen LogP contribution in [0.25, 0.3) is 0 Å². The Hall–Kier alpha value is -0.0400. The molecule has 0 spiro atoms. The van der Waals surface area contributed by atoms with E-state index in [1.807, 2.05) is 6.92 Å². The largest absolute Gasteiger partial charge is 0.390 e. The highest BCUT2D eigenvalue weighted by molar-refractivity contribution is 4.78. The topological polar surface area (TPSA) is 20.2 Å². The number of hydrogen-bond donors (Lipinski definition) is 1. The van der Waals surface area contributed by atoms with Gasteiger partial charge in [0.1, 0.15) is 0 Å². The molecule has 1 aliphatic carbocycles. The lowest BCUT2D eigenvalue weighted by atomic mass is 9.80. The van der Waals surface area contributed by atoms with E-state index in [2.05, 4.69) is 20.8 Å². The van der Waals surface area contributed by atoms with Crippen molar-refractivity contribution in [1.29, 1.82) is 0 Å². The Kier molecular flexibility index (Phi) is 5.50. The van der Waals surface area contributed by atoms with Gasteiger partial charge in [0.25, 0.3) is 0 Å². The van der Waals surface area contributed by atoms with E-state index >= 15 is 0 Å². The van der Waals surface area contributed by atoms with Crippen molar-refractivity contribution < 1.29 is 5.11 Å². The first kappa shape index (κ1) is 15.0. The van der Waals surface area contributed by atoms with E-state index in [9.17, 15) is 5.11 Å². The normalized spacial score (nSPS) is 22.4. The van der Waals surface area contributed by atoms with Gasteiger partial charge < -0.3 is 5.11 Å². The van der Waals surface area contributed by atoms with Crippen LogP contribution >= 0.6 is 0 Å².